The Morgan fingerprint density at radius 1 is 0.750 bits per heavy atom. The predicted octanol–water partition coefficient (Wildman–Crippen LogP) is 0.610. The molecule has 0 radical (unpaired) electrons. The highest BCUT2D eigenvalue weighted by Gasteiger charge is 2.34. The molecule has 0 heterocycles. The predicted molar refractivity (Wildman–Crippen MR) is 156 cm³/mol. The van der Waals surface area contributed by atoms with E-state index < -0.39 is 65.9 Å². The van der Waals surface area contributed by atoms with Gasteiger partial charge in [0.2, 0.25) is 23.6 Å². The van der Waals surface area contributed by atoms with Crippen molar-refractivity contribution in [2.24, 2.45) is 23.5 Å². The highest BCUT2D eigenvalue weighted by Crippen LogP contribution is 2.12. The van der Waals surface area contributed by atoms with Gasteiger partial charge in [-0.2, -0.15) is 11.8 Å². The SMILES string of the molecule is CC[C@H](C)[C@H](NC(=O)[C@H](CC(C)C)NC(=O)[C@H](CCSC)NC(=O)[C@@H](NC(=O)[C@@H](N)CC(C)C)[C@@H](C)O)C(=O)O. The lowest BCUT2D eigenvalue weighted by molar-refractivity contribution is -0.144. The second kappa shape index (κ2) is 18.9. The van der Waals surface area contributed by atoms with Gasteiger partial charge in [-0.3, -0.25) is 19.2 Å². The molecule has 0 rings (SSSR count). The Bertz CT molecular complexity index is 840. The van der Waals surface area contributed by atoms with E-state index >= 15 is 0 Å². The number of carbonyl (C=O) groups excluding carboxylic acids is 4. The number of aliphatic hydroxyl groups excluding tert-OH is 1. The Labute approximate surface area is 242 Å². The third-order valence-corrected chi connectivity index (χ3v) is 7.13. The minimum Gasteiger partial charge on any atom is -0.480 e. The molecule has 0 aliphatic rings. The number of carboxylic acid groups (broad SMARTS) is 1. The number of nitrogens with one attached hydrogen (secondary N) is 4. The van der Waals surface area contributed by atoms with E-state index in [1.807, 2.05) is 40.9 Å². The Morgan fingerprint density at radius 2 is 1.25 bits per heavy atom. The highest BCUT2D eigenvalue weighted by molar-refractivity contribution is 7.98. The van der Waals surface area contributed by atoms with Gasteiger partial charge in [0.25, 0.3) is 0 Å². The first-order chi connectivity index (χ1) is 18.5. The molecule has 0 aliphatic heterocycles. The van der Waals surface area contributed by atoms with Crippen molar-refractivity contribution >= 4 is 41.4 Å². The molecule has 8 N–H and O–H groups in total. The molecular weight excluding hydrogens is 538 g/mol. The summed E-state index contributed by atoms with van der Waals surface area (Å²) in [6, 6.07) is -5.45. The number of hydrogen-bond acceptors (Lipinski definition) is 8. The van der Waals surface area contributed by atoms with Crippen LogP contribution in [-0.2, 0) is 24.0 Å². The van der Waals surface area contributed by atoms with Crippen LogP contribution in [0, 0.1) is 17.8 Å². The van der Waals surface area contributed by atoms with E-state index in [9.17, 15) is 34.2 Å². The van der Waals surface area contributed by atoms with Gasteiger partial charge in [-0.1, -0.05) is 48.0 Å². The van der Waals surface area contributed by atoms with E-state index in [1.54, 1.807) is 6.92 Å². The van der Waals surface area contributed by atoms with Gasteiger partial charge in [-0.25, -0.2) is 4.79 Å². The van der Waals surface area contributed by atoms with Gasteiger partial charge < -0.3 is 37.2 Å². The lowest BCUT2D eigenvalue weighted by atomic mass is 9.97. The van der Waals surface area contributed by atoms with Gasteiger partial charge >= 0.3 is 5.97 Å². The number of thioether (sulfide) groups is 1. The number of nitrogens with two attached hydrogens (primary N) is 1. The molecular formula is C27H51N5O7S. The van der Waals surface area contributed by atoms with Crippen LogP contribution in [0.1, 0.15) is 74.1 Å². The zero-order valence-electron chi connectivity index (χ0n) is 25.2. The maximum atomic E-state index is 13.3. The normalized spacial score (nSPS) is 16.7. The van der Waals surface area contributed by atoms with Gasteiger partial charge in [0.1, 0.15) is 24.2 Å². The van der Waals surface area contributed by atoms with Crippen molar-refractivity contribution in [3.8, 4) is 0 Å². The van der Waals surface area contributed by atoms with Gasteiger partial charge in [0.05, 0.1) is 12.1 Å². The molecule has 0 aliphatic carbocycles. The van der Waals surface area contributed by atoms with Crippen molar-refractivity contribution in [2.75, 3.05) is 12.0 Å². The van der Waals surface area contributed by atoms with Crippen LogP contribution < -0.4 is 27.0 Å². The van der Waals surface area contributed by atoms with Crippen LogP contribution in [0.25, 0.3) is 0 Å². The molecule has 232 valence electrons. The van der Waals surface area contributed by atoms with Crippen LogP contribution in [0.4, 0.5) is 0 Å². The zero-order chi connectivity index (χ0) is 31.2. The molecule has 12 nitrogen and oxygen atoms in total. The molecule has 0 aromatic heterocycles. The highest BCUT2D eigenvalue weighted by atomic mass is 32.2. The lowest BCUT2D eigenvalue weighted by Gasteiger charge is -2.28. The van der Waals surface area contributed by atoms with Crippen molar-refractivity contribution < 1.29 is 34.2 Å². The summed E-state index contributed by atoms with van der Waals surface area (Å²) < 4.78 is 0. The second-order valence-electron chi connectivity index (χ2n) is 11.2. The maximum Gasteiger partial charge on any atom is 0.326 e. The number of carbonyl (C=O) groups is 5. The largest absolute Gasteiger partial charge is 0.480 e. The number of aliphatic carboxylic acids is 1. The minimum absolute atomic E-state index is 0.00737. The summed E-state index contributed by atoms with van der Waals surface area (Å²) in [5.41, 5.74) is 5.92. The molecule has 0 bridgehead atoms. The quantitative estimate of drug-likeness (QED) is 0.113. The second-order valence-corrected chi connectivity index (χ2v) is 12.2. The van der Waals surface area contributed by atoms with E-state index in [0.29, 0.717) is 18.6 Å². The van der Waals surface area contributed by atoms with Gasteiger partial charge in [0, 0.05) is 0 Å². The van der Waals surface area contributed by atoms with E-state index in [2.05, 4.69) is 21.3 Å². The fourth-order valence-corrected chi connectivity index (χ4v) is 4.43. The molecule has 40 heavy (non-hydrogen) atoms. The number of carboxylic acids is 1. The van der Waals surface area contributed by atoms with Crippen LogP contribution in [-0.4, -0.2) is 88.1 Å². The third-order valence-electron chi connectivity index (χ3n) is 6.49. The number of hydrogen-bond donors (Lipinski definition) is 7. The summed E-state index contributed by atoms with van der Waals surface area (Å²) in [6.45, 7) is 12.4. The summed E-state index contributed by atoms with van der Waals surface area (Å²) in [7, 11) is 0. The smallest absolute Gasteiger partial charge is 0.326 e. The zero-order valence-corrected chi connectivity index (χ0v) is 26.0. The van der Waals surface area contributed by atoms with E-state index in [-0.39, 0.29) is 30.6 Å². The number of rotatable bonds is 19. The first-order valence-electron chi connectivity index (χ1n) is 13.9. The fourth-order valence-electron chi connectivity index (χ4n) is 3.96. The van der Waals surface area contributed by atoms with E-state index in [0.717, 1.165) is 0 Å². The molecule has 0 aromatic rings. The Morgan fingerprint density at radius 3 is 1.70 bits per heavy atom. The van der Waals surface area contributed by atoms with Crippen molar-refractivity contribution in [2.45, 2.75) is 110 Å². The Hall–Kier alpha value is -2.38. The molecule has 0 spiro atoms. The average molecular weight is 590 g/mol. The molecule has 0 saturated heterocycles. The van der Waals surface area contributed by atoms with Crippen LogP contribution in [0.2, 0.25) is 0 Å². The molecule has 0 aromatic carbocycles. The van der Waals surface area contributed by atoms with Gasteiger partial charge in [-0.05, 0) is 55.9 Å². The Kier molecular flexibility index (Phi) is 17.7. The summed E-state index contributed by atoms with van der Waals surface area (Å²) in [5, 5.41) is 30.1. The van der Waals surface area contributed by atoms with Crippen LogP contribution in [0.5, 0.6) is 0 Å². The van der Waals surface area contributed by atoms with E-state index in [1.165, 1.54) is 18.7 Å². The van der Waals surface area contributed by atoms with Crippen LogP contribution in [0.15, 0.2) is 0 Å². The first-order valence-corrected chi connectivity index (χ1v) is 15.3. The summed E-state index contributed by atoms with van der Waals surface area (Å²) >= 11 is 1.45. The average Bonchev–Trinajstić information content (AvgIpc) is 2.85. The van der Waals surface area contributed by atoms with Crippen molar-refractivity contribution in [1.82, 2.24) is 21.3 Å². The molecule has 0 fully saturated rings. The van der Waals surface area contributed by atoms with Crippen molar-refractivity contribution in [3.63, 3.8) is 0 Å². The van der Waals surface area contributed by atoms with Crippen molar-refractivity contribution in [1.29, 1.82) is 0 Å². The van der Waals surface area contributed by atoms with Gasteiger partial charge in [0.15, 0.2) is 0 Å². The Balaban J connectivity index is 5.79. The first kappa shape index (κ1) is 37.6. The summed E-state index contributed by atoms with van der Waals surface area (Å²) in [5.74, 6) is -3.48. The van der Waals surface area contributed by atoms with Crippen LogP contribution in [0.3, 0.4) is 0 Å². The summed E-state index contributed by atoms with van der Waals surface area (Å²) in [4.78, 5) is 63.8. The third kappa shape index (κ3) is 13.8. The van der Waals surface area contributed by atoms with E-state index in [4.69, 9.17) is 5.73 Å². The van der Waals surface area contributed by atoms with Gasteiger partial charge in [-0.15, -0.1) is 0 Å². The van der Waals surface area contributed by atoms with Crippen molar-refractivity contribution in [3.05, 3.63) is 0 Å². The molecule has 4 amide bonds. The monoisotopic (exact) mass is 589 g/mol. The standard InChI is InChI=1S/C27H51N5O7S/c1-9-16(6)21(27(38)39)31-25(36)20(13-15(4)5)30-24(35)19(10-11-40-8)29-26(37)22(17(7)33)32-23(34)18(28)12-14(2)3/h14-22,33H,9-13,28H2,1-8H3,(H,29,37)(H,30,35)(H,31,36)(H,32,34)(H,38,39)/t16-,17+,18-,19-,20-,21-,22-/m0/s1. The molecule has 0 unspecified atom stereocenters. The lowest BCUT2D eigenvalue weighted by Crippen LogP contribution is -2.60. The number of amides is 4. The fraction of sp³-hybridized carbons (Fsp3) is 0.815. The molecule has 13 heteroatoms. The minimum atomic E-state index is -1.35. The maximum absolute atomic E-state index is 13.3. The molecule has 7 atom stereocenters. The molecule has 0 saturated carbocycles. The summed E-state index contributed by atoms with van der Waals surface area (Å²) in [6.07, 6.45) is 1.94. The topological polar surface area (TPSA) is 200 Å². The van der Waals surface area contributed by atoms with Crippen LogP contribution >= 0.6 is 11.8 Å². The number of aliphatic hydroxyl groups is 1.